The minimum Gasteiger partial charge on any atom is -0.496 e. The third-order valence-electron chi connectivity index (χ3n) is 2.86. The maximum Gasteiger partial charge on any atom is 0.126 e. The Morgan fingerprint density at radius 2 is 2.06 bits per heavy atom. The van der Waals surface area contributed by atoms with Gasteiger partial charge in [0, 0.05) is 28.5 Å². The van der Waals surface area contributed by atoms with Crippen LogP contribution in [0.4, 0.5) is 0 Å². The topological polar surface area (TPSA) is 42.4 Å². The number of ether oxygens (including phenoxy) is 1. The molecule has 0 aliphatic rings. The van der Waals surface area contributed by atoms with Crippen molar-refractivity contribution < 1.29 is 9.84 Å². The molecular weight excluding hydrogens is 250 g/mol. The van der Waals surface area contributed by atoms with Crippen LogP contribution in [-0.2, 0) is 0 Å². The zero-order chi connectivity index (χ0) is 13.1. The van der Waals surface area contributed by atoms with E-state index in [1.807, 2.05) is 13.0 Å². The first-order valence-corrected chi connectivity index (χ1v) is 5.93. The van der Waals surface area contributed by atoms with Crippen molar-refractivity contribution in [3.05, 3.63) is 58.4 Å². The fraction of sp³-hybridized carbons (Fsp3) is 0.214. The molecule has 0 aliphatic carbocycles. The Labute approximate surface area is 111 Å². The first-order chi connectivity index (χ1) is 8.63. The number of hydrogen-bond donors (Lipinski definition) is 1. The smallest absolute Gasteiger partial charge is 0.126 e. The van der Waals surface area contributed by atoms with E-state index in [4.69, 9.17) is 16.3 Å². The number of pyridine rings is 1. The van der Waals surface area contributed by atoms with Gasteiger partial charge >= 0.3 is 0 Å². The van der Waals surface area contributed by atoms with E-state index in [-0.39, 0.29) is 0 Å². The van der Waals surface area contributed by atoms with Gasteiger partial charge in [0.1, 0.15) is 11.9 Å². The van der Waals surface area contributed by atoms with Crippen molar-refractivity contribution in [2.45, 2.75) is 13.0 Å². The van der Waals surface area contributed by atoms with Crippen LogP contribution in [0.5, 0.6) is 5.75 Å². The summed E-state index contributed by atoms with van der Waals surface area (Å²) in [5, 5.41) is 11.0. The standard InChI is InChI=1S/C14H14ClNO2/c1-9-5-6-16-8-12(9)14(17)11-4-3-10(15)7-13(11)18-2/h3-8,14,17H,1-2H3. The summed E-state index contributed by atoms with van der Waals surface area (Å²) in [6.07, 6.45) is 2.59. The highest BCUT2D eigenvalue weighted by atomic mass is 35.5. The summed E-state index contributed by atoms with van der Waals surface area (Å²) in [5.41, 5.74) is 2.42. The van der Waals surface area contributed by atoms with Gasteiger partial charge in [0.05, 0.1) is 7.11 Å². The second kappa shape index (κ2) is 5.38. The van der Waals surface area contributed by atoms with Crippen molar-refractivity contribution in [2.24, 2.45) is 0 Å². The molecule has 1 heterocycles. The molecule has 3 nitrogen and oxygen atoms in total. The van der Waals surface area contributed by atoms with Crippen molar-refractivity contribution in [2.75, 3.05) is 7.11 Å². The van der Waals surface area contributed by atoms with E-state index in [2.05, 4.69) is 4.98 Å². The lowest BCUT2D eigenvalue weighted by Gasteiger charge is -2.16. The number of nitrogens with zero attached hydrogens (tertiary/aromatic N) is 1. The van der Waals surface area contributed by atoms with Crippen LogP contribution in [0.25, 0.3) is 0 Å². The van der Waals surface area contributed by atoms with Gasteiger partial charge in [-0.25, -0.2) is 0 Å². The molecule has 0 fully saturated rings. The fourth-order valence-corrected chi connectivity index (χ4v) is 2.00. The molecule has 1 aromatic heterocycles. The van der Waals surface area contributed by atoms with Gasteiger partial charge in [0.15, 0.2) is 0 Å². The second-order valence-electron chi connectivity index (χ2n) is 4.02. The van der Waals surface area contributed by atoms with Gasteiger partial charge in [-0.2, -0.15) is 0 Å². The van der Waals surface area contributed by atoms with E-state index < -0.39 is 6.10 Å². The summed E-state index contributed by atoms with van der Waals surface area (Å²) < 4.78 is 5.24. The number of rotatable bonds is 3. The molecular formula is C14H14ClNO2. The van der Waals surface area contributed by atoms with Crippen molar-refractivity contribution in [3.8, 4) is 5.75 Å². The van der Waals surface area contributed by atoms with Crippen molar-refractivity contribution in [1.82, 2.24) is 4.98 Å². The lowest BCUT2D eigenvalue weighted by Crippen LogP contribution is -2.04. The van der Waals surface area contributed by atoms with Gasteiger partial charge in [-0.1, -0.05) is 17.7 Å². The molecule has 1 atom stereocenters. The molecule has 1 unspecified atom stereocenters. The largest absolute Gasteiger partial charge is 0.496 e. The summed E-state index contributed by atoms with van der Waals surface area (Å²) in [6, 6.07) is 7.04. The Kier molecular flexibility index (Phi) is 3.84. The van der Waals surface area contributed by atoms with Crippen molar-refractivity contribution in [1.29, 1.82) is 0 Å². The number of aryl methyl sites for hydroxylation is 1. The van der Waals surface area contributed by atoms with Crippen LogP contribution in [0.2, 0.25) is 5.02 Å². The highest BCUT2D eigenvalue weighted by Gasteiger charge is 2.17. The predicted octanol–water partition coefficient (Wildman–Crippen LogP) is 3.13. The van der Waals surface area contributed by atoms with Gasteiger partial charge in [-0.05, 0) is 30.7 Å². The number of halogens is 1. The number of aliphatic hydroxyl groups is 1. The van der Waals surface area contributed by atoms with E-state index in [1.165, 1.54) is 0 Å². The monoisotopic (exact) mass is 263 g/mol. The predicted molar refractivity (Wildman–Crippen MR) is 71.0 cm³/mol. The number of aromatic nitrogens is 1. The SMILES string of the molecule is COc1cc(Cl)ccc1C(O)c1cnccc1C. The normalized spacial score (nSPS) is 12.2. The van der Waals surface area contributed by atoms with E-state index >= 15 is 0 Å². The lowest BCUT2D eigenvalue weighted by molar-refractivity contribution is 0.213. The number of hydrogen-bond acceptors (Lipinski definition) is 3. The molecule has 0 radical (unpaired) electrons. The van der Waals surface area contributed by atoms with Gasteiger partial charge in [-0.15, -0.1) is 0 Å². The van der Waals surface area contributed by atoms with Gasteiger partial charge in [0.25, 0.3) is 0 Å². The molecule has 2 aromatic rings. The van der Waals surface area contributed by atoms with Gasteiger partial charge in [-0.3, -0.25) is 4.98 Å². The number of aliphatic hydroxyl groups excluding tert-OH is 1. The summed E-state index contributed by atoms with van der Waals surface area (Å²) in [4.78, 5) is 4.04. The Morgan fingerprint density at radius 3 is 2.72 bits per heavy atom. The third-order valence-corrected chi connectivity index (χ3v) is 3.10. The van der Waals surface area contributed by atoms with Crippen LogP contribution in [0.15, 0.2) is 36.7 Å². The van der Waals surface area contributed by atoms with Crippen LogP contribution >= 0.6 is 11.6 Å². The zero-order valence-electron chi connectivity index (χ0n) is 10.2. The molecule has 2 rings (SSSR count). The second-order valence-corrected chi connectivity index (χ2v) is 4.46. The van der Waals surface area contributed by atoms with E-state index in [0.29, 0.717) is 16.3 Å². The summed E-state index contributed by atoms with van der Waals surface area (Å²) >= 11 is 5.90. The molecule has 1 N–H and O–H groups in total. The van der Waals surface area contributed by atoms with Crippen molar-refractivity contribution in [3.63, 3.8) is 0 Å². The molecule has 94 valence electrons. The van der Waals surface area contributed by atoms with E-state index in [1.54, 1.807) is 37.7 Å². The lowest BCUT2D eigenvalue weighted by atomic mass is 9.99. The van der Waals surface area contributed by atoms with Crippen LogP contribution in [0, 0.1) is 6.92 Å². The fourth-order valence-electron chi connectivity index (χ4n) is 1.84. The minimum atomic E-state index is -0.772. The molecule has 18 heavy (non-hydrogen) atoms. The molecule has 0 saturated carbocycles. The molecule has 1 aromatic carbocycles. The summed E-state index contributed by atoms with van der Waals surface area (Å²) in [6.45, 7) is 1.93. The highest BCUT2D eigenvalue weighted by molar-refractivity contribution is 6.30. The summed E-state index contributed by atoms with van der Waals surface area (Å²) in [5.74, 6) is 0.568. The Morgan fingerprint density at radius 1 is 1.28 bits per heavy atom. The first-order valence-electron chi connectivity index (χ1n) is 5.55. The zero-order valence-corrected chi connectivity index (χ0v) is 11.0. The summed E-state index contributed by atoms with van der Waals surface area (Å²) in [7, 11) is 1.55. The Balaban J connectivity index is 2.46. The van der Waals surface area contributed by atoms with E-state index in [9.17, 15) is 5.11 Å². The Bertz CT molecular complexity index is 557. The van der Waals surface area contributed by atoms with Gasteiger partial charge in [0.2, 0.25) is 0 Å². The molecule has 0 bridgehead atoms. The number of methoxy groups -OCH3 is 1. The minimum absolute atomic E-state index is 0.568. The molecule has 0 amide bonds. The molecule has 4 heteroatoms. The van der Waals surface area contributed by atoms with Crippen molar-refractivity contribution >= 4 is 11.6 Å². The molecule has 0 saturated heterocycles. The van der Waals surface area contributed by atoms with Crippen LogP contribution in [0.1, 0.15) is 22.8 Å². The third kappa shape index (κ3) is 2.47. The van der Waals surface area contributed by atoms with E-state index in [0.717, 1.165) is 11.1 Å². The maximum atomic E-state index is 10.4. The molecule has 0 spiro atoms. The average molecular weight is 264 g/mol. The number of benzene rings is 1. The average Bonchev–Trinajstić information content (AvgIpc) is 2.38. The first kappa shape index (κ1) is 12.9. The van der Waals surface area contributed by atoms with Crippen LogP contribution in [0.3, 0.4) is 0 Å². The molecule has 0 aliphatic heterocycles. The quantitative estimate of drug-likeness (QED) is 0.925. The van der Waals surface area contributed by atoms with Gasteiger partial charge < -0.3 is 9.84 Å². The van der Waals surface area contributed by atoms with Crippen LogP contribution in [-0.4, -0.2) is 17.2 Å². The maximum absolute atomic E-state index is 10.4. The highest BCUT2D eigenvalue weighted by Crippen LogP contribution is 2.32. The van der Waals surface area contributed by atoms with Crippen LogP contribution < -0.4 is 4.74 Å². The Hall–Kier alpha value is -1.58.